The summed E-state index contributed by atoms with van der Waals surface area (Å²) < 4.78 is 22.9. The van der Waals surface area contributed by atoms with Gasteiger partial charge in [0.15, 0.2) is 15.8 Å². The van der Waals surface area contributed by atoms with Gasteiger partial charge in [0.25, 0.3) is 0 Å². The van der Waals surface area contributed by atoms with Crippen LogP contribution < -0.4 is 10.6 Å². The Morgan fingerprint density at radius 1 is 1.26 bits per heavy atom. The lowest BCUT2D eigenvalue weighted by Gasteiger charge is -2.18. The number of benzene rings is 1. The van der Waals surface area contributed by atoms with Gasteiger partial charge in [-0.15, -0.1) is 24.0 Å². The van der Waals surface area contributed by atoms with E-state index in [4.69, 9.17) is 0 Å². The summed E-state index contributed by atoms with van der Waals surface area (Å²) in [4.78, 5) is 4.05. The van der Waals surface area contributed by atoms with Crippen molar-refractivity contribution in [3.63, 3.8) is 0 Å². The molecule has 132 valence electrons. The molecular weight excluding hydrogens is 429 g/mol. The van der Waals surface area contributed by atoms with E-state index >= 15 is 0 Å². The van der Waals surface area contributed by atoms with Crippen molar-refractivity contribution >= 4 is 39.8 Å². The van der Waals surface area contributed by atoms with Gasteiger partial charge in [-0.05, 0) is 5.56 Å². The molecular formula is C15H26IN3O3S. The molecule has 3 N–H and O–H groups in total. The first kappa shape index (κ1) is 22.1. The van der Waals surface area contributed by atoms with Crippen molar-refractivity contribution in [2.45, 2.75) is 12.8 Å². The van der Waals surface area contributed by atoms with Crippen LogP contribution in [0.3, 0.4) is 0 Å². The molecule has 1 atom stereocenters. The first-order valence-electron chi connectivity index (χ1n) is 7.33. The lowest BCUT2D eigenvalue weighted by Crippen LogP contribution is -2.41. The van der Waals surface area contributed by atoms with E-state index in [1.54, 1.807) is 14.0 Å². The minimum atomic E-state index is -2.99. The second-order valence-corrected chi connectivity index (χ2v) is 7.38. The molecule has 0 saturated heterocycles. The third-order valence-corrected chi connectivity index (χ3v) is 5.08. The van der Waals surface area contributed by atoms with Crippen LogP contribution in [0.25, 0.3) is 0 Å². The summed E-state index contributed by atoms with van der Waals surface area (Å²) in [7, 11) is -1.36. The fourth-order valence-electron chi connectivity index (χ4n) is 1.92. The van der Waals surface area contributed by atoms with E-state index in [2.05, 4.69) is 15.6 Å². The first-order chi connectivity index (χ1) is 10.5. The van der Waals surface area contributed by atoms with E-state index in [0.717, 1.165) is 5.56 Å². The van der Waals surface area contributed by atoms with Crippen LogP contribution >= 0.6 is 24.0 Å². The number of guanidine groups is 1. The Hall–Kier alpha value is -0.870. The molecule has 0 bridgehead atoms. The maximum Gasteiger partial charge on any atom is 0.191 e. The predicted octanol–water partition coefficient (Wildman–Crippen LogP) is 0.980. The van der Waals surface area contributed by atoms with E-state index in [0.29, 0.717) is 19.0 Å². The molecule has 0 heterocycles. The van der Waals surface area contributed by atoms with Crippen LogP contribution in [0.1, 0.15) is 18.4 Å². The van der Waals surface area contributed by atoms with Crippen LogP contribution in [0.5, 0.6) is 0 Å². The largest absolute Gasteiger partial charge is 0.396 e. The Morgan fingerprint density at radius 3 is 2.43 bits per heavy atom. The van der Waals surface area contributed by atoms with Crippen molar-refractivity contribution in [1.29, 1.82) is 0 Å². The van der Waals surface area contributed by atoms with Crippen molar-refractivity contribution in [1.82, 2.24) is 10.6 Å². The number of rotatable bonds is 8. The van der Waals surface area contributed by atoms with Gasteiger partial charge in [-0.1, -0.05) is 37.3 Å². The second kappa shape index (κ2) is 11.6. The zero-order valence-corrected chi connectivity index (χ0v) is 16.7. The van der Waals surface area contributed by atoms with Gasteiger partial charge in [-0.3, -0.25) is 4.99 Å². The number of aliphatic imine (C=N–C) groups is 1. The number of hydrogen-bond donors (Lipinski definition) is 3. The Labute approximate surface area is 155 Å². The summed E-state index contributed by atoms with van der Waals surface area (Å²) in [5, 5.41) is 15.6. The van der Waals surface area contributed by atoms with Crippen LogP contribution in [0, 0.1) is 0 Å². The molecule has 0 fully saturated rings. The number of aliphatic hydroxyl groups is 1. The van der Waals surface area contributed by atoms with E-state index in [-0.39, 0.29) is 48.0 Å². The monoisotopic (exact) mass is 455 g/mol. The lowest BCUT2D eigenvalue weighted by atomic mass is 10.0. The zero-order valence-electron chi connectivity index (χ0n) is 13.5. The molecule has 6 nitrogen and oxygen atoms in total. The van der Waals surface area contributed by atoms with Gasteiger partial charge >= 0.3 is 0 Å². The third-order valence-electron chi connectivity index (χ3n) is 3.38. The topological polar surface area (TPSA) is 90.8 Å². The molecule has 1 aromatic rings. The number of hydrogen-bond acceptors (Lipinski definition) is 4. The first-order valence-corrected chi connectivity index (χ1v) is 9.15. The van der Waals surface area contributed by atoms with Gasteiger partial charge < -0.3 is 15.7 Å². The van der Waals surface area contributed by atoms with Crippen LogP contribution in [0.4, 0.5) is 0 Å². The van der Waals surface area contributed by atoms with Crippen LogP contribution in [0.15, 0.2) is 35.3 Å². The third kappa shape index (κ3) is 8.52. The summed E-state index contributed by atoms with van der Waals surface area (Å²) in [6.45, 7) is 2.48. The van der Waals surface area contributed by atoms with E-state index in [9.17, 15) is 13.5 Å². The van der Waals surface area contributed by atoms with Crippen molar-refractivity contribution in [3.05, 3.63) is 35.9 Å². The Balaban J connectivity index is 0.00000484. The lowest BCUT2D eigenvalue weighted by molar-refractivity contribution is 0.265. The minimum Gasteiger partial charge on any atom is -0.396 e. The van der Waals surface area contributed by atoms with Crippen molar-refractivity contribution in [3.8, 4) is 0 Å². The van der Waals surface area contributed by atoms with Crippen LogP contribution in [0.2, 0.25) is 0 Å². The highest BCUT2D eigenvalue weighted by atomic mass is 127. The Bertz CT molecular complexity index is 565. The average Bonchev–Trinajstić information content (AvgIpc) is 2.54. The van der Waals surface area contributed by atoms with Gasteiger partial charge in [0, 0.05) is 31.8 Å². The van der Waals surface area contributed by atoms with Gasteiger partial charge in [-0.25, -0.2) is 8.42 Å². The molecule has 0 aliphatic heterocycles. The van der Waals surface area contributed by atoms with Gasteiger partial charge in [0.1, 0.15) is 0 Å². The van der Waals surface area contributed by atoms with Gasteiger partial charge in [0.2, 0.25) is 0 Å². The second-order valence-electron chi connectivity index (χ2n) is 4.91. The number of sulfone groups is 1. The fourth-order valence-corrected chi connectivity index (χ4v) is 2.62. The quantitative estimate of drug-likeness (QED) is 0.309. The summed E-state index contributed by atoms with van der Waals surface area (Å²) >= 11 is 0. The number of halogens is 1. The van der Waals surface area contributed by atoms with Crippen molar-refractivity contribution in [2.24, 2.45) is 4.99 Å². The zero-order chi connectivity index (χ0) is 16.4. The average molecular weight is 455 g/mol. The molecule has 0 spiro atoms. The van der Waals surface area contributed by atoms with Crippen molar-refractivity contribution in [2.75, 3.05) is 38.2 Å². The standard InChI is InChI=1S/C15H25N3O3S.HI/c1-3-22(20,21)10-9-17-15(16-2)18-11-14(12-19)13-7-5-4-6-8-13;/h4-8,14,19H,3,9-12H2,1-2H3,(H2,16,17,18);1H. The normalized spacial score (nSPS) is 13.1. The maximum absolute atomic E-state index is 11.4. The highest BCUT2D eigenvalue weighted by Gasteiger charge is 2.11. The molecule has 1 rings (SSSR count). The molecule has 1 aromatic carbocycles. The van der Waals surface area contributed by atoms with E-state index < -0.39 is 9.84 Å². The molecule has 0 aliphatic carbocycles. The Kier molecular flexibility index (Phi) is 11.2. The summed E-state index contributed by atoms with van der Waals surface area (Å²) in [5.74, 6) is 0.702. The van der Waals surface area contributed by atoms with Gasteiger partial charge in [0.05, 0.1) is 12.4 Å². The molecule has 0 aliphatic rings. The summed E-state index contributed by atoms with van der Waals surface area (Å²) in [6.07, 6.45) is 0. The highest BCUT2D eigenvalue weighted by Crippen LogP contribution is 2.13. The van der Waals surface area contributed by atoms with Crippen LogP contribution in [-0.2, 0) is 9.84 Å². The van der Waals surface area contributed by atoms with Gasteiger partial charge in [-0.2, -0.15) is 0 Å². The minimum absolute atomic E-state index is 0. The number of aliphatic hydroxyl groups excluding tert-OH is 1. The van der Waals surface area contributed by atoms with Crippen molar-refractivity contribution < 1.29 is 13.5 Å². The highest BCUT2D eigenvalue weighted by molar-refractivity contribution is 14.0. The SMILES string of the molecule is CCS(=O)(=O)CCNC(=NC)NCC(CO)c1ccccc1.I. The molecule has 1 unspecified atom stereocenters. The molecule has 0 aromatic heterocycles. The summed E-state index contributed by atoms with van der Waals surface area (Å²) in [6, 6.07) is 9.72. The van der Waals surface area contributed by atoms with E-state index in [1.165, 1.54) is 0 Å². The predicted molar refractivity (Wildman–Crippen MR) is 105 cm³/mol. The summed E-state index contributed by atoms with van der Waals surface area (Å²) in [5.41, 5.74) is 1.04. The molecule has 0 radical (unpaired) electrons. The van der Waals surface area contributed by atoms with E-state index in [1.807, 2.05) is 30.3 Å². The number of nitrogens with one attached hydrogen (secondary N) is 2. The fraction of sp³-hybridized carbons (Fsp3) is 0.533. The number of nitrogens with zero attached hydrogens (tertiary/aromatic N) is 1. The molecule has 8 heteroatoms. The smallest absolute Gasteiger partial charge is 0.191 e. The molecule has 23 heavy (non-hydrogen) atoms. The maximum atomic E-state index is 11.4. The molecule has 0 amide bonds. The molecule has 0 saturated carbocycles. The van der Waals surface area contributed by atoms with Crippen LogP contribution in [-0.4, -0.2) is 57.7 Å². The Morgan fingerprint density at radius 2 is 1.91 bits per heavy atom.